The van der Waals surface area contributed by atoms with Crippen molar-refractivity contribution < 1.29 is 5.11 Å². The summed E-state index contributed by atoms with van der Waals surface area (Å²) in [5.41, 5.74) is 7.25. The van der Waals surface area contributed by atoms with Gasteiger partial charge in [-0.25, -0.2) is 0 Å². The van der Waals surface area contributed by atoms with Crippen LogP contribution in [0.2, 0.25) is 0 Å². The van der Waals surface area contributed by atoms with Gasteiger partial charge in [-0.1, -0.05) is 35.0 Å². The number of nitrogens with two attached hydrogens (primary N) is 1. The highest BCUT2D eigenvalue weighted by Gasteiger charge is 2.22. The molecule has 4 atom stereocenters. The van der Waals surface area contributed by atoms with Crippen LogP contribution in [0.3, 0.4) is 0 Å². The second-order valence-electron chi connectivity index (χ2n) is 4.42. The molecule has 1 aromatic rings. The average molecular weight is 318 g/mol. The Morgan fingerprint density at radius 1 is 1.29 bits per heavy atom. The Morgan fingerprint density at radius 3 is 2.41 bits per heavy atom. The van der Waals surface area contributed by atoms with Crippen LogP contribution in [0.25, 0.3) is 0 Å². The summed E-state index contributed by atoms with van der Waals surface area (Å²) in [6.45, 7) is 5.85. The summed E-state index contributed by atoms with van der Waals surface area (Å²) >= 11 is 5.20. The van der Waals surface area contributed by atoms with E-state index in [1.165, 1.54) is 5.56 Å². The van der Waals surface area contributed by atoms with Gasteiger partial charge in [0.1, 0.15) is 0 Å². The van der Waals surface area contributed by atoms with Crippen molar-refractivity contribution in [2.45, 2.75) is 43.4 Å². The van der Waals surface area contributed by atoms with Gasteiger partial charge in [-0.3, -0.25) is 0 Å². The van der Waals surface area contributed by atoms with Gasteiger partial charge in [0.05, 0.1) is 6.10 Å². The molecule has 0 fully saturated rings. The van der Waals surface area contributed by atoms with Crippen LogP contribution in [0.4, 0.5) is 0 Å². The van der Waals surface area contributed by atoms with Crippen molar-refractivity contribution in [1.82, 2.24) is 0 Å². The number of aliphatic hydroxyl groups is 1. The number of benzene rings is 1. The Labute approximate surface area is 116 Å². The fourth-order valence-electron chi connectivity index (χ4n) is 1.53. The number of hydrogen-bond donors (Lipinski definition) is 2. The van der Waals surface area contributed by atoms with Crippen LogP contribution in [0.5, 0.6) is 0 Å². The molecule has 0 aromatic heterocycles. The van der Waals surface area contributed by atoms with Crippen LogP contribution in [-0.4, -0.2) is 22.5 Å². The Bertz CT molecular complexity index is 357. The highest BCUT2D eigenvalue weighted by atomic mass is 79.9. The molecule has 0 bridgehead atoms. The van der Waals surface area contributed by atoms with E-state index in [2.05, 4.69) is 28.1 Å². The van der Waals surface area contributed by atoms with Crippen molar-refractivity contribution in [3.8, 4) is 0 Å². The van der Waals surface area contributed by atoms with E-state index in [0.29, 0.717) is 0 Å². The molecular formula is C13H20BrNOS. The normalized spacial score (nSPS) is 18.5. The van der Waals surface area contributed by atoms with E-state index in [1.807, 2.05) is 32.9 Å². The summed E-state index contributed by atoms with van der Waals surface area (Å²) in [5, 5.41) is 9.96. The molecule has 0 aliphatic carbocycles. The van der Waals surface area contributed by atoms with Gasteiger partial charge >= 0.3 is 0 Å². The zero-order chi connectivity index (χ0) is 13.0. The predicted molar refractivity (Wildman–Crippen MR) is 79.3 cm³/mol. The lowest BCUT2D eigenvalue weighted by molar-refractivity contribution is 0.196. The summed E-state index contributed by atoms with van der Waals surface area (Å²) in [4.78, 5) is 0. The molecule has 0 saturated carbocycles. The number of aliphatic hydroxyl groups excluding tert-OH is 1. The minimum atomic E-state index is -0.326. The maximum Gasteiger partial charge on any atom is 0.0628 e. The summed E-state index contributed by atoms with van der Waals surface area (Å²) < 4.78 is 1.06. The molecule has 1 rings (SSSR count). The smallest absolute Gasteiger partial charge is 0.0628 e. The third-order valence-corrected chi connectivity index (χ3v) is 5.01. The van der Waals surface area contributed by atoms with Crippen molar-refractivity contribution in [2.75, 3.05) is 0 Å². The lowest BCUT2D eigenvalue weighted by Gasteiger charge is -2.26. The maximum absolute atomic E-state index is 9.58. The van der Waals surface area contributed by atoms with Crippen molar-refractivity contribution in [1.29, 1.82) is 0 Å². The van der Waals surface area contributed by atoms with Gasteiger partial charge in [-0.15, -0.1) is 11.8 Å². The van der Waals surface area contributed by atoms with Crippen molar-refractivity contribution in [2.24, 2.45) is 5.73 Å². The zero-order valence-corrected chi connectivity index (χ0v) is 12.8. The number of rotatable bonds is 5. The molecule has 0 saturated heterocycles. The number of hydrogen-bond acceptors (Lipinski definition) is 3. The maximum atomic E-state index is 9.58. The van der Waals surface area contributed by atoms with E-state index >= 15 is 0 Å². The van der Waals surface area contributed by atoms with Gasteiger partial charge in [-0.2, -0.15) is 0 Å². The number of thioether (sulfide) groups is 1. The average Bonchev–Trinajstić information content (AvgIpc) is 2.24. The molecule has 96 valence electrons. The molecule has 0 spiro atoms. The van der Waals surface area contributed by atoms with Crippen LogP contribution in [0.1, 0.15) is 31.6 Å². The van der Waals surface area contributed by atoms with Crippen LogP contribution >= 0.6 is 27.7 Å². The lowest BCUT2D eigenvalue weighted by atomic mass is 10.1. The van der Waals surface area contributed by atoms with E-state index in [-0.39, 0.29) is 22.6 Å². The first-order chi connectivity index (χ1) is 7.91. The third kappa shape index (κ3) is 4.62. The lowest BCUT2D eigenvalue weighted by Crippen LogP contribution is -2.26. The second-order valence-corrected chi connectivity index (χ2v) is 6.86. The summed E-state index contributed by atoms with van der Waals surface area (Å²) in [5.74, 6) is 0. The largest absolute Gasteiger partial charge is 0.392 e. The standard InChI is InChI=1S/C13H20BrNOS/c1-8(15)13(17-10(3)9(2)16)11-5-4-6-12(14)7-11/h4-10,13,16H,15H2,1-3H3. The van der Waals surface area contributed by atoms with E-state index in [1.54, 1.807) is 11.8 Å². The molecule has 4 heteroatoms. The molecular weight excluding hydrogens is 298 g/mol. The first kappa shape index (κ1) is 15.0. The summed E-state index contributed by atoms with van der Waals surface area (Å²) in [6, 6.07) is 8.25. The first-order valence-corrected chi connectivity index (χ1v) is 7.50. The Kier molecular flexibility index (Phi) is 6.00. The number of halogens is 1. The first-order valence-electron chi connectivity index (χ1n) is 5.76. The minimum absolute atomic E-state index is 0.0514. The molecule has 0 aliphatic rings. The van der Waals surface area contributed by atoms with Crippen molar-refractivity contribution >= 4 is 27.7 Å². The SMILES string of the molecule is CC(N)C(SC(C)C(C)O)c1cccc(Br)c1. The van der Waals surface area contributed by atoms with Crippen LogP contribution < -0.4 is 5.73 Å². The fraction of sp³-hybridized carbons (Fsp3) is 0.538. The van der Waals surface area contributed by atoms with Gasteiger partial charge in [0.25, 0.3) is 0 Å². The topological polar surface area (TPSA) is 46.2 Å². The van der Waals surface area contributed by atoms with Crippen LogP contribution in [0.15, 0.2) is 28.7 Å². The van der Waals surface area contributed by atoms with Gasteiger partial charge < -0.3 is 10.8 Å². The minimum Gasteiger partial charge on any atom is -0.392 e. The Balaban J connectivity index is 2.86. The van der Waals surface area contributed by atoms with E-state index in [9.17, 15) is 5.11 Å². The zero-order valence-electron chi connectivity index (χ0n) is 10.4. The summed E-state index contributed by atoms with van der Waals surface area (Å²) in [7, 11) is 0. The predicted octanol–water partition coefficient (Wildman–Crippen LogP) is 3.34. The highest BCUT2D eigenvalue weighted by molar-refractivity contribution is 9.10. The van der Waals surface area contributed by atoms with E-state index < -0.39 is 0 Å². The molecule has 0 aliphatic heterocycles. The quantitative estimate of drug-likeness (QED) is 0.875. The van der Waals surface area contributed by atoms with Gasteiger partial charge in [0, 0.05) is 21.0 Å². The van der Waals surface area contributed by atoms with Gasteiger partial charge in [-0.05, 0) is 31.5 Å². The fourth-order valence-corrected chi connectivity index (χ4v) is 3.19. The third-order valence-electron chi connectivity index (χ3n) is 2.70. The van der Waals surface area contributed by atoms with E-state index in [0.717, 1.165) is 4.47 Å². The molecule has 3 N–H and O–H groups in total. The molecule has 0 radical (unpaired) electrons. The van der Waals surface area contributed by atoms with Crippen molar-refractivity contribution in [3.05, 3.63) is 34.3 Å². The second kappa shape index (κ2) is 6.78. The summed E-state index contributed by atoms with van der Waals surface area (Å²) in [6.07, 6.45) is -0.326. The van der Waals surface area contributed by atoms with Crippen molar-refractivity contribution in [3.63, 3.8) is 0 Å². The molecule has 0 heterocycles. The molecule has 0 amide bonds. The van der Waals surface area contributed by atoms with E-state index in [4.69, 9.17) is 5.73 Å². The molecule has 4 unspecified atom stereocenters. The molecule has 17 heavy (non-hydrogen) atoms. The van der Waals surface area contributed by atoms with Gasteiger partial charge in [0.15, 0.2) is 0 Å². The molecule has 2 nitrogen and oxygen atoms in total. The Hall–Kier alpha value is -0.0300. The monoisotopic (exact) mass is 317 g/mol. The van der Waals surface area contributed by atoms with Crippen LogP contribution in [-0.2, 0) is 0 Å². The van der Waals surface area contributed by atoms with Crippen LogP contribution in [0, 0.1) is 0 Å². The highest BCUT2D eigenvalue weighted by Crippen LogP contribution is 2.36. The Morgan fingerprint density at radius 2 is 1.94 bits per heavy atom. The molecule has 1 aromatic carbocycles. The van der Waals surface area contributed by atoms with Gasteiger partial charge in [0.2, 0.25) is 0 Å².